The third-order valence-electron chi connectivity index (χ3n) is 3.05. The molecule has 2 atom stereocenters. The first-order valence-electron chi connectivity index (χ1n) is 5.87. The van der Waals surface area contributed by atoms with Crippen molar-refractivity contribution in [2.45, 2.75) is 6.92 Å². The highest BCUT2D eigenvalue weighted by atomic mass is 32.2. The number of anilines is 1. The molecule has 0 fully saturated rings. The third-order valence-corrected chi connectivity index (χ3v) is 3.85. The lowest BCUT2D eigenvalue weighted by Gasteiger charge is -2.16. The molecule has 102 valence electrons. The Bertz CT molecular complexity index is 533. The van der Waals surface area contributed by atoms with Crippen LogP contribution >= 0.6 is 11.8 Å². The zero-order chi connectivity index (χ0) is 14.0. The molecule has 0 aliphatic carbocycles. The highest BCUT2D eigenvalue weighted by molar-refractivity contribution is 8.13. The van der Waals surface area contributed by atoms with Crippen molar-refractivity contribution in [3.8, 4) is 0 Å². The van der Waals surface area contributed by atoms with Gasteiger partial charge >= 0.3 is 0 Å². The standard InChI is InChI=1S/C13H14F2N2OS/c1-7-6-16-13(19-2)11(7)12(18)17-10-4-3-8(14)5-9(10)15/h3-5,7,11H,6H2,1-2H3,(H,17,18). The van der Waals surface area contributed by atoms with Crippen LogP contribution in [-0.2, 0) is 4.79 Å². The molecule has 0 radical (unpaired) electrons. The predicted molar refractivity (Wildman–Crippen MR) is 73.5 cm³/mol. The predicted octanol–water partition coefficient (Wildman–Crippen LogP) is 2.93. The molecule has 1 aliphatic heterocycles. The summed E-state index contributed by atoms with van der Waals surface area (Å²) in [6.07, 6.45) is 1.86. The van der Waals surface area contributed by atoms with Crippen LogP contribution in [-0.4, -0.2) is 23.8 Å². The minimum atomic E-state index is -0.776. The SMILES string of the molecule is CSC1=NCC(C)C1C(=O)Nc1ccc(F)cc1F. The number of rotatable bonds is 2. The van der Waals surface area contributed by atoms with Crippen molar-refractivity contribution in [2.75, 3.05) is 18.1 Å². The Kier molecular flexibility index (Phi) is 4.19. The van der Waals surface area contributed by atoms with Crippen LogP contribution in [0, 0.1) is 23.5 Å². The molecule has 1 aromatic carbocycles. The van der Waals surface area contributed by atoms with Gasteiger partial charge in [-0.2, -0.15) is 0 Å². The van der Waals surface area contributed by atoms with Crippen LogP contribution in [0.25, 0.3) is 0 Å². The van der Waals surface area contributed by atoms with Crippen LogP contribution in [0.5, 0.6) is 0 Å². The molecule has 1 heterocycles. The molecule has 1 N–H and O–H groups in total. The normalized spacial score (nSPS) is 22.2. The van der Waals surface area contributed by atoms with E-state index in [-0.39, 0.29) is 23.4 Å². The van der Waals surface area contributed by atoms with E-state index >= 15 is 0 Å². The number of nitrogens with one attached hydrogen (secondary N) is 1. The topological polar surface area (TPSA) is 41.5 Å². The van der Waals surface area contributed by atoms with Crippen LogP contribution in [0.2, 0.25) is 0 Å². The Labute approximate surface area is 114 Å². The van der Waals surface area contributed by atoms with E-state index in [1.165, 1.54) is 17.8 Å². The van der Waals surface area contributed by atoms with Gasteiger partial charge in [-0.05, 0) is 24.3 Å². The lowest BCUT2D eigenvalue weighted by molar-refractivity contribution is -0.118. The number of carbonyl (C=O) groups excluding carboxylic acids is 1. The van der Waals surface area contributed by atoms with Crippen LogP contribution in [0.4, 0.5) is 14.5 Å². The summed E-state index contributed by atoms with van der Waals surface area (Å²) < 4.78 is 26.3. The van der Waals surface area contributed by atoms with E-state index in [1.807, 2.05) is 13.2 Å². The second kappa shape index (κ2) is 5.69. The van der Waals surface area contributed by atoms with Crippen molar-refractivity contribution in [3.05, 3.63) is 29.8 Å². The van der Waals surface area contributed by atoms with Crippen LogP contribution < -0.4 is 5.32 Å². The lowest BCUT2D eigenvalue weighted by Crippen LogP contribution is -2.30. The van der Waals surface area contributed by atoms with Crippen molar-refractivity contribution in [2.24, 2.45) is 16.8 Å². The molecule has 0 aromatic heterocycles. The maximum Gasteiger partial charge on any atom is 0.234 e. The number of halogens is 2. The van der Waals surface area contributed by atoms with Gasteiger partial charge in [0.1, 0.15) is 11.6 Å². The van der Waals surface area contributed by atoms with Crippen molar-refractivity contribution in [3.63, 3.8) is 0 Å². The van der Waals surface area contributed by atoms with Gasteiger partial charge in [0.15, 0.2) is 0 Å². The molecule has 1 amide bonds. The fraction of sp³-hybridized carbons (Fsp3) is 0.385. The summed E-state index contributed by atoms with van der Waals surface area (Å²) >= 11 is 1.43. The fourth-order valence-electron chi connectivity index (χ4n) is 2.04. The summed E-state index contributed by atoms with van der Waals surface area (Å²) in [5.41, 5.74) is -0.00838. The molecular formula is C13H14F2N2OS. The van der Waals surface area contributed by atoms with E-state index in [4.69, 9.17) is 0 Å². The van der Waals surface area contributed by atoms with E-state index in [1.54, 1.807) is 0 Å². The number of thioether (sulfide) groups is 1. The van der Waals surface area contributed by atoms with Crippen LogP contribution in [0.15, 0.2) is 23.2 Å². The average molecular weight is 284 g/mol. The molecule has 2 unspecified atom stereocenters. The Balaban J connectivity index is 2.15. The molecule has 1 aliphatic rings. The van der Waals surface area contributed by atoms with Crippen molar-refractivity contribution in [1.29, 1.82) is 0 Å². The fourth-order valence-corrected chi connectivity index (χ4v) is 2.84. The number of hydrogen-bond acceptors (Lipinski definition) is 3. The van der Waals surface area contributed by atoms with E-state index in [2.05, 4.69) is 10.3 Å². The minimum absolute atomic E-state index is 0.00838. The second-order valence-corrected chi connectivity index (χ2v) is 5.28. The molecule has 0 bridgehead atoms. The van der Waals surface area contributed by atoms with Crippen molar-refractivity contribution < 1.29 is 13.6 Å². The second-order valence-electron chi connectivity index (χ2n) is 4.45. The van der Waals surface area contributed by atoms with Gasteiger partial charge in [0.25, 0.3) is 0 Å². The van der Waals surface area contributed by atoms with E-state index < -0.39 is 11.6 Å². The smallest absolute Gasteiger partial charge is 0.234 e. The van der Waals surface area contributed by atoms with Crippen LogP contribution in [0.3, 0.4) is 0 Å². The molecule has 2 rings (SSSR count). The number of hydrogen-bond donors (Lipinski definition) is 1. The monoisotopic (exact) mass is 284 g/mol. The van der Waals surface area contributed by atoms with Crippen LogP contribution in [0.1, 0.15) is 6.92 Å². The molecule has 0 saturated heterocycles. The zero-order valence-corrected chi connectivity index (χ0v) is 11.4. The number of carbonyl (C=O) groups is 1. The van der Waals surface area contributed by atoms with Crippen molar-refractivity contribution in [1.82, 2.24) is 0 Å². The van der Waals surface area contributed by atoms with Gasteiger partial charge < -0.3 is 5.32 Å². The first kappa shape index (κ1) is 14.0. The van der Waals surface area contributed by atoms with Crippen molar-refractivity contribution >= 4 is 28.4 Å². The number of nitrogens with zero attached hydrogens (tertiary/aromatic N) is 1. The Morgan fingerprint density at radius 2 is 2.21 bits per heavy atom. The van der Waals surface area contributed by atoms with Gasteiger partial charge in [-0.25, -0.2) is 8.78 Å². The largest absolute Gasteiger partial charge is 0.323 e. The van der Waals surface area contributed by atoms with Gasteiger partial charge in [0, 0.05) is 12.6 Å². The summed E-state index contributed by atoms with van der Waals surface area (Å²) in [6, 6.07) is 3.08. The first-order valence-corrected chi connectivity index (χ1v) is 7.09. The van der Waals surface area contributed by atoms with E-state index in [0.29, 0.717) is 6.54 Å². The average Bonchev–Trinajstić information content (AvgIpc) is 2.74. The number of aliphatic imine (C=N–C) groups is 1. The first-order chi connectivity index (χ1) is 9.02. The molecular weight excluding hydrogens is 270 g/mol. The molecule has 19 heavy (non-hydrogen) atoms. The quantitative estimate of drug-likeness (QED) is 0.907. The van der Waals surface area contributed by atoms with Gasteiger partial charge in [-0.1, -0.05) is 6.92 Å². The zero-order valence-electron chi connectivity index (χ0n) is 10.6. The maximum absolute atomic E-state index is 13.5. The summed E-state index contributed by atoms with van der Waals surface area (Å²) in [6.45, 7) is 2.53. The highest BCUT2D eigenvalue weighted by Gasteiger charge is 2.34. The number of benzene rings is 1. The van der Waals surface area contributed by atoms with Gasteiger partial charge in [-0.3, -0.25) is 9.79 Å². The molecule has 3 nitrogen and oxygen atoms in total. The Hall–Kier alpha value is -1.43. The lowest BCUT2D eigenvalue weighted by atomic mass is 9.97. The minimum Gasteiger partial charge on any atom is -0.323 e. The highest BCUT2D eigenvalue weighted by Crippen LogP contribution is 2.28. The summed E-state index contributed by atoms with van der Waals surface area (Å²) in [7, 11) is 0. The summed E-state index contributed by atoms with van der Waals surface area (Å²) in [5.74, 6) is -2.02. The van der Waals surface area contributed by atoms with E-state index in [0.717, 1.165) is 17.2 Å². The maximum atomic E-state index is 13.5. The summed E-state index contributed by atoms with van der Waals surface area (Å²) in [4.78, 5) is 16.4. The molecule has 0 spiro atoms. The van der Waals surface area contributed by atoms with Gasteiger partial charge in [0.05, 0.1) is 16.6 Å². The van der Waals surface area contributed by atoms with E-state index in [9.17, 15) is 13.6 Å². The molecule has 0 saturated carbocycles. The molecule has 6 heteroatoms. The Morgan fingerprint density at radius 3 is 2.84 bits per heavy atom. The van der Waals surface area contributed by atoms with Gasteiger partial charge in [0.2, 0.25) is 5.91 Å². The summed E-state index contributed by atoms with van der Waals surface area (Å²) in [5, 5.41) is 3.26. The number of amides is 1. The Morgan fingerprint density at radius 1 is 1.47 bits per heavy atom. The van der Waals surface area contributed by atoms with Gasteiger partial charge in [-0.15, -0.1) is 11.8 Å². The molecule has 1 aromatic rings. The third kappa shape index (κ3) is 2.94.